The average Bonchev–Trinajstić information content (AvgIpc) is 2.54. The van der Waals surface area contributed by atoms with Gasteiger partial charge in [-0.2, -0.15) is 0 Å². The third kappa shape index (κ3) is 3.45. The molecule has 0 bridgehead atoms. The molecule has 0 fully saturated rings. The second kappa shape index (κ2) is 6.54. The number of hydrogen-bond donors (Lipinski definition) is 0. The van der Waals surface area contributed by atoms with E-state index < -0.39 is 17.3 Å². The van der Waals surface area contributed by atoms with E-state index in [4.69, 9.17) is 4.42 Å². The molecule has 0 spiro atoms. The van der Waals surface area contributed by atoms with E-state index in [0.29, 0.717) is 16.2 Å². The fourth-order valence-electron chi connectivity index (χ4n) is 2.34. The van der Waals surface area contributed by atoms with Crippen molar-refractivity contribution in [3.63, 3.8) is 0 Å². The normalized spacial score (nSPS) is 11.1. The highest BCUT2D eigenvalue weighted by molar-refractivity contribution is 7.98. The van der Waals surface area contributed by atoms with Gasteiger partial charge < -0.3 is 4.42 Å². The number of hydrogen-bond acceptors (Lipinski definition) is 3. The predicted molar refractivity (Wildman–Crippen MR) is 87.8 cm³/mol. The van der Waals surface area contributed by atoms with Crippen LogP contribution in [0.2, 0.25) is 0 Å². The van der Waals surface area contributed by atoms with Gasteiger partial charge in [-0.05, 0) is 41.8 Å². The standard InChI is InChI=1S/C18H14F2O2S/c1-2-11-3-5-14-12(8-18(21)22-17(14)7-11)10-23-13-4-6-15(19)16(20)9-13/h3-9H,2,10H2,1H3. The van der Waals surface area contributed by atoms with Gasteiger partial charge >= 0.3 is 5.63 Å². The zero-order valence-corrected chi connectivity index (χ0v) is 13.3. The minimum atomic E-state index is -0.875. The lowest BCUT2D eigenvalue weighted by Crippen LogP contribution is -2.00. The fourth-order valence-corrected chi connectivity index (χ4v) is 3.25. The predicted octanol–water partition coefficient (Wildman–Crippen LogP) is 4.93. The second-order valence-corrected chi connectivity index (χ2v) is 6.19. The van der Waals surface area contributed by atoms with E-state index in [2.05, 4.69) is 0 Å². The molecule has 0 aliphatic heterocycles. The molecule has 0 saturated carbocycles. The Morgan fingerprint density at radius 3 is 2.61 bits per heavy atom. The van der Waals surface area contributed by atoms with Crippen LogP contribution in [0.15, 0.2) is 56.6 Å². The number of aryl methyl sites for hydroxylation is 1. The molecule has 0 amide bonds. The van der Waals surface area contributed by atoms with Crippen LogP contribution in [0.5, 0.6) is 0 Å². The van der Waals surface area contributed by atoms with Gasteiger partial charge in [0.15, 0.2) is 11.6 Å². The van der Waals surface area contributed by atoms with Crippen LogP contribution in [0.3, 0.4) is 0 Å². The number of rotatable bonds is 4. The van der Waals surface area contributed by atoms with Crippen LogP contribution in [0.25, 0.3) is 11.0 Å². The molecule has 1 heterocycles. The molecule has 0 unspecified atom stereocenters. The topological polar surface area (TPSA) is 30.2 Å². The van der Waals surface area contributed by atoms with Crippen molar-refractivity contribution in [2.75, 3.05) is 0 Å². The van der Waals surface area contributed by atoms with Crippen LogP contribution in [0, 0.1) is 11.6 Å². The molecule has 2 aromatic carbocycles. The Kier molecular flexibility index (Phi) is 4.48. The summed E-state index contributed by atoms with van der Waals surface area (Å²) in [6.07, 6.45) is 0.855. The molecule has 3 rings (SSSR count). The van der Waals surface area contributed by atoms with Crippen LogP contribution in [-0.2, 0) is 12.2 Å². The number of halogens is 2. The molecule has 0 aliphatic rings. The quantitative estimate of drug-likeness (QED) is 0.501. The summed E-state index contributed by atoms with van der Waals surface area (Å²) in [7, 11) is 0. The largest absolute Gasteiger partial charge is 0.423 e. The van der Waals surface area contributed by atoms with Crippen molar-refractivity contribution in [2.45, 2.75) is 24.0 Å². The molecule has 0 aliphatic carbocycles. The maximum atomic E-state index is 13.3. The third-order valence-corrected chi connectivity index (χ3v) is 4.63. The van der Waals surface area contributed by atoms with Gasteiger partial charge in [-0.3, -0.25) is 0 Å². The molecule has 0 radical (unpaired) electrons. The van der Waals surface area contributed by atoms with Crippen molar-refractivity contribution in [1.82, 2.24) is 0 Å². The Morgan fingerprint density at radius 1 is 1.04 bits per heavy atom. The van der Waals surface area contributed by atoms with E-state index in [-0.39, 0.29) is 0 Å². The van der Waals surface area contributed by atoms with Crippen molar-refractivity contribution in [2.24, 2.45) is 0 Å². The first kappa shape index (κ1) is 15.7. The lowest BCUT2D eigenvalue weighted by Gasteiger charge is -2.07. The van der Waals surface area contributed by atoms with Gasteiger partial charge in [0, 0.05) is 22.1 Å². The molecule has 2 nitrogen and oxygen atoms in total. The smallest absolute Gasteiger partial charge is 0.336 e. The Morgan fingerprint density at radius 2 is 1.87 bits per heavy atom. The highest BCUT2D eigenvalue weighted by Crippen LogP contribution is 2.28. The molecule has 0 N–H and O–H groups in total. The van der Waals surface area contributed by atoms with Gasteiger partial charge in [-0.15, -0.1) is 11.8 Å². The van der Waals surface area contributed by atoms with E-state index in [1.807, 2.05) is 25.1 Å². The first-order valence-electron chi connectivity index (χ1n) is 7.20. The maximum Gasteiger partial charge on any atom is 0.336 e. The molecule has 0 atom stereocenters. The Labute approximate surface area is 136 Å². The van der Waals surface area contributed by atoms with E-state index in [1.165, 1.54) is 23.9 Å². The summed E-state index contributed by atoms with van der Waals surface area (Å²) < 4.78 is 31.5. The van der Waals surface area contributed by atoms with Gasteiger partial charge in [0.05, 0.1) is 0 Å². The summed E-state index contributed by atoms with van der Waals surface area (Å²) in [5, 5.41) is 0.858. The monoisotopic (exact) mass is 332 g/mol. The first-order valence-corrected chi connectivity index (χ1v) is 8.19. The number of thioether (sulfide) groups is 1. The Balaban J connectivity index is 1.93. The third-order valence-electron chi connectivity index (χ3n) is 3.59. The summed E-state index contributed by atoms with van der Waals surface area (Å²) in [5.74, 6) is -1.27. The highest BCUT2D eigenvalue weighted by atomic mass is 32.2. The summed E-state index contributed by atoms with van der Waals surface area (Å²) in [5.41, 5.74) is 2.05. The second-order valence-electron chi connectivity index (χ2n) is 5.14. The lowest BCUT2D eigenvalue weighted by molar-refractivity contribution is 0.506. The van der Waals surface area contributed by atoms with Crippen molar-refractivity contribution >= 4 is 22.7 Å². The average molecular weight is 332 g/mol. The van der Waals surface area contributed by atoms with Crippen LogP contribution < -0.4 is 5.63 Å². The molecule has 23 heavy (non-hydrogen) atoms. The van der Waals surface area contributed by atoms with Gasteiger partial charge in [-0.25, -0.2) is 13.6 Å². The molecule has 1 aromatic heterocycles. The fraction of sp³-hybridized carbons (Fsp3) is 0.167. The minimum Gasteiger partial charge on any atom is -0.423 e. The molecule has 118 valence electrons. The Bertz CT molecular complexity index is 919. The van der Waals surface area contributed by atoms with Crippen molar-refractivity contribution in [3.8, 4) is 0 Å². The highest BCUT2D eigenvalue weighted by Gasteiger charge is 2.08. The van der Waals surface area contributed by atoms with E-state index in [0.717, 1.165) is 35.1 Å². The van der Waals surface area contributed by atoms with E-state index in [9.17, 15) is 13.6 Å². The molecule has 0 saturated heterocycles. The summed E-state index contributed by atoms with van der Waals surface area (Å²) in [6.45, 7) is 2.03. The van der Waals surface area contributed by atoms with Crippen LogP contribution >= 0.6 is 11.8 Å². The van der Waals surface area contributed by atoms with E-state index in [1.54, 1.807) is 0 Å². The molecular weight excluding hydrogens is 318 g/mol. The number of benzene rings is 2. The number of fused-ring (bicyclic) bond motifs is 1. The van der Waals surface area contributed by atoms with Crippen molar-refractivity contribution in [3.05, 3.63) is 75.6 Å². The summed E-state index contributed by atoms with van der Waals surface area (Å²) in [4.78, 5) is 12.3. The van der Waals surface area contributed by atoms with E-state index >= 15 is 0 Å². The Hall–Kier alpha value is -2.14. The maximum absolute atomic E-state index is 13.3. The molecular formula is C18H14F2O2S. The minimum absolute atomic E-state index is 0.411. The SMILES string of the molecule is CCc1ccc2c(CSc3ccc(F)c(F)c3)cc(=O)oc2c1. The van der Waals surface area contributed by atoms with Crippen LogP contribution in [-0.4, -0.2) is 0 Å². The summed E-state index contributed by atoms with van der Waals surface area (Å²) in [6, 6.07) is 11.0. The molecule has 3 aromatic rings. The van der Waals surface area contributed by atoms with Crippen LogP contribution in [0.4, 0.5) is 8.78 Å². The summed E-state index contributed by atoms with van der Waals surface area (Å²) >= 11 is 1.34. The molecule has 5 heteroatoms. The van der Waals surface area contributed by atoms with Gasteiger partial charge in [0.1, 0.15) is 5.58 Å². The van der Waals surface area contributed by atoms with Gasteiger partial charge in [-0.1, -0.05) is 19.1 Å². The van der Waals surface area contributed by atoms with Gasteiger partial charge in [0.25, 0.3) is 0 Å². The first-order chi connectivity index (χ1) is 11.1. The van der Waals surface area contributed by atoms with Gasteiger partial charge in [0.2, 0.25) is 0 Å². The van der Waals surface area contributed by atoms with Crippen molar-refractivity contribution in [1.29, 1.82) is 0 Å². The zero-order chi connectivity index (χ0) is 16.4. The lowest BCUT2D eigenvalue weighted by atomic mass is 10.1. The van der Waals surface area contributed by atoms with Crippen molar-refractivity contribution < 1.29 is 13.2 Å². The zero-order valence-electron chi connectivity index (χ0n) is 12.4. The van der Waals surface area contributed by atoms with Crippen LogP contribution in [0.1, 0.15) is 18.1 Å².